The molecule has 0 saturated heterocycles. The van der Waals surface area contributed by atoms with Gasteiger partial charge >= 0.3 is 0 Å². The molecule has 2 N–H and O–H groups in total. The molecule has 0 atom stereocenters. The van der Waals surface area contributed by atoms with Crippen molar-refractivity contribution in [3.8, 4) is 11.5 Å². The summed E-state index contributed by atoms with van der Waals surface area (Å²) in [6, 6.07) is 3.32. The summed E-state index contributed by atoms with van der Waals surface area (Å²) in [6.45, 7) is 0. The predicted molar refractivity (Wildman–Crippen MR) is 64.1 cm³/mol. The van der Waals surface area contributed by atoms with Crippen LogP contribution in [0.1, 0.15) is 5.56 Å². The fraction of sp³-hybridized carbons (Fsp3) is 0.333. The molecule has 16 heavy (non-hydrogen) atoms. The highest BCUT2D eigenvalue weighted by atomic mass is 79.9. The molecule has 1 aromatic carbocycles. The maximum Gasteiger partial charge on any atom is 0.213 e. The fourth-order valence-corrected chi connectivity index (χ4v) is 2.46. The van der Waals surface area contributed by atoms with Crippen LogP contribution < -0.4 is 14.6 Å². The first-order valence-electron chi connectivity index (χ1n) is 4.28. The first-order valence-corrected chi connectivity index (χ1v) is 6.79. The molecule has 0 aromatic heterocycles. The van der Waals surface area contributed by atoms with E-state index in [2.05, 4.69) is 15.9 Å². The van der Waals surface area contributed by atoms with Crippen molar-refractivity contribution in [1.82, 2.24) is 0 Å². The number of primary sulfonamides is 1. The monoisotopic (exact) mass is 309 g/mol. The van der Waals surface area contributed by atoms with E-state index in [1.807, 2.05) is 0 Å². The van der Waals surface area contributed by atoms with Gasteiger partial charge in [0.05, 0.1) is 20.0 Å². The van der Waals surface area contributed by atoms with Crippen LogP contribution in [0.3, 0.4) is 0 Å². The second kappa shape index (κ2) is 5.03. The molecule has 0 aliphatic carbocycles. The van der Waals surface area contributed by atoms with Gasteiger partial charge in [0.1, 0.15) is 0 Å². The van der Waals surface area contributed by atoms with Crippen molar-refractivity contribution in [3.63, 3.8) is 0 Å². The van der Waals surface area contributed by atoms with Crippen LogP contribution in [-0.4, -0.2) is 22.6 Å². The van der Waals surface area contributed by atoms with Crippen LogP contribution in [0.25, 0.3) is 0 Å². The Balaban J connectivity index is 3.31. The van der Waals surface area contributed by atoms with Crippen LogP contribution in [0.4, 0.5) is 0 Å². The van der Waals surface area contributed by atoms with Crippen LogP contribution in [0.2, 0.25) is 0 Å². The van der Waals surface area contributed by atoms with Crippen molar-refractivity contribution in [2.75, 3.05) is 14.2 Å². The summed E-state index contributed by atoms with van der Waals surface area (Å²) in [5, 5.41) is 4.99. The molecule has 0 aliphatic heterocycles. The molecule has 0 saturated carbocycles. The number of hydrogen-bond donors (Lipinski definition) is 1. The SMILES string of the molecule is COc1cc(Br)cc(CS(N)(=O)=O)c1OC. The van der Waals surface area contributed by atoms with Crippen molar-refractivity contribution in [2.45, 2.75) is 5.75 Å². The summed E-state index contributed by atoms with van der Waals surface area (Å²) in [5.74, 6) is 0.529. The quantitative estimate of drug-likeness (QED) is 0.908. The van der Waals surface area contributed by atoms with E-state index in [0.717, 1.165) is 0 Å². The van der Waals surface area contributed by atoms with Gasteiger partial charge in [-0.2, -0.15) is 0 Å². The molecule has 1 rings (SSSR count). The average molecular weight is 310 g/mol. The highest BCUT2D eigenvalue weighted by Gasteiger charge is 2.15. The Labute approximate surface area is 103 Å². The number of hydrogen-bond acceptors (Lipinski definition) is 4. The van der Waals surface area contributed by atoms with E-state index in [0.29, 0.717) is 21.5 Å². The van der Waals surface area contributed by atoms with Crippen molar-refractivity contribution in [3.05, 3.63) is 22.2 Å². The lowest BCUT2D eigenvalue weighted by Gasteiger charge is -2.12. The summed E-state index contributed by atoms with van der Waals surface area (Å²) in [4.78, 5) is 0. The van der Waals surface area contributed by atoms with Crippen molar-refractivity contribution < 1.29 is 17.9 Å². The first-order chi connectivity index (χ1) is 7.37. The Morgan fingerprint density at radius 1 is 1.31 bits per heavy atom. The van der Waals surface area contributed by atoms with Gasteiger partial charge in [-0.1, -0.05) is 15.9 Å². The summed E-state index contributed by atoms with van der Waals surface area (Å²) in [5.41, 5.74) is 0.455. The predicted octanol–water partition coefficient (Wildman–Crippen LogP) is 1.25. The van der Waals surface area contributed by atoms with Gasteiger partial charge in [0.2, 0.25) is 10.0 Å². The lowest BCUT2D eigenvalue weighted by molar-refractivity contribution is 0.352. The molecule has 0 amide bonds. The minimum absolute atomic E-state index is 0.300. The minimum Gasteiger partial charge on any atom is -0.493 e. The highest BCUT2D eigenvalue weighted by Crippen LogP contribution is 2.35. The molecule has 0 bridgehead atoms. The molecule has 7 heteroatoms. The molecule has 0 unspecified atom stereocenters. The normalized spacial score (nSPS) is 11.2. The lowest BCUT2D eigenvalue weighted by atomic mass is 10.2. The van der Waals surface area contributed by atoms with E-state index in [1.165, 1.54) is 14.2 Å². The number of methoxy groups -OCH3 is 2. The average Bonchev–Trinajstić information content (AvgIpc) is 2.14. The molecule has 0 radical (unpaired) electrons. The third-order valence-electron chi connectivity index (χ3n) is 1.88. The lowest BCUT2D eigenvalue weighted by Crippen LogP contribution is -2.15. The van der Waals surface area contributed by atoms with E-state index in [9.17, 15) is 8.42 Å². The summed E-state index contributed by atoms with van der Waals surface area (Å²) < 4.78 is 33.0. The van der Waals surface area contributed by atoms with Crippen molar-refractivity contribution in [2.24, 2.45) is 5.14 Å². The number of rotatable bonds is 4. The summed E-state index contributed by atoms with van der Waals surface area (Å²) in [6.07, 6.45) is 0. The molecule has 0 spiro atoms. The highest BCUT2D eigenvalue weighted by molar-refractivity contribution is 9.10. The third-order valence-corrected chi connectivity index (χ3v) is 3.05. The molecule has 0 aliphatic rings. The standard InChI is InChI=1S/C9H12BrNO4S/c1-14-8-4-7(10)3-6(9(8)15-2)5-16(11,12)13/h3-4H,5H2,1-2H3,(H2,11,12,13). The Morgan fingerprint density at radius 2 is 1.94 bits per heavy atom. The second-order valence-electron chi connectivity index (χ2n) is 3.11. The zero-order valence-electron chi connectivity index (χ0n) is 8.86. The van der Waals surface area contributed by atoms with Crippen LogP contribution in [0, 0.1) is 0 Å². The summed E-state index contributed by atoms with van der Waals surface area (Å²) in [7, 11) is -0.688. The van der Waals surface area contributed by atoms with Gasteiger partial charge in [0.15, 0.2) is 11.5 Å². The zero-order chi connectivity index (χ0) is 12.3. The second-order valence-corrected chi connectivity index (χ2v) is 5.64. The smallest absolute Gasteiger partial charge is 0.213 e. The van der Waals surface area contributed by atoms with E-state index >= 15 is 0 Å². The van der Waals surface area contributed by atoms with E-state index < -0.39 is 10.0 Å². The largest absolute Gasteiger partial charge is 0.493 e. The van der Waals surface area contributed by atoms with Gasteiger partial charge < -0.3 is 9.47 Å². The van der Waals surface area contributed by atoms with Crippen LogP contribution in [0.15, 0.2) is 16.6 Å². The van der Waals surface area contributed by atoms with Gasteiger partial charge in [0.25, 0.3) is 0 Å². The number of benzene rings is 1. The maximum atomic E-state index is 11.0. The van der Waals surface area contributed by atoms with Gasteiger partial charge in [-0.3, -0.25) is 0 Å². The molecular weight excluding hydrogens is 298 g/mol. The zero-order valence-corrected chi connectivity index (χ0v) is 11.3. The topological polar surface area (TPSA) is 78.6 Å². The molecule has 90 valence electrons. The third kappa shape index (κ3) is 3.36. The Hall–Kier alpha value is -0.790. The van der Waals surface area contributed by atoms with Gasteiger partial charge in [0, 0.05) is 10.0 Å². The molecular formula is C9H12BrNO4S. The van der Waals surface area contributed by atoms with Gasteiger partial charge in [-0.15, -0.1) is 0 Å². The maximum absolute atomic E-state index is 11.0. The van der Waals surface area contributed by atoms with Crippen molar-refractivity contribution >= 4 is 26.0 Å². The van der Waals surface area contributed by atoms with E-state index in [-0.39, 0.29) is 5.75 Å². The number of sulfonamides is 1. The molecule has 0 fully saturated rings. The van der Waals surface area contributed by atoms with E-state index in [1.54, 1.807) is 12.1 Å². The molecule has 1 aromatic rings. The fourth-order valence-electron chi connectivity index (χ4n) is 1.33. The Morgan fingerprint density at radius 3 is 2.38 bits per heavy atom. The van der Waals surface area contributed by atoms with Crippen LogP contribution >= 0.6 is 15.9 Å². The molecule has 5 nitrogen and oxygen atoms in total. The molecule has 0 heterocycles. The minimum atomic E-state index is -3.61. The van der Waals surface area contributed by atoms with E-state index in [4.69, 9.17) is 14.6 Å². The van der Waals surface area contributed by atoms with Crippen LogP contribution in [0.5, 0.6) is 11.5 Å². The Bertz CT molecular complexity index is 487. The first kappa shape index (κ1) is 13.3. The number of nitrogens with two attached hydrogens (primary N) is 1. The van der Waals surface area contributed by atoms with Gasteiger partial charge in [-0.05, 0) is 12.1 Å². The number of ether oxygens (including phenoxy) is 2. The summed E-state index contributed by atoms with van der Waals surface area (Å²) >= 11 is 3.25. The van der Waals surface area contributed by atoms with Gasteiger partial charge in [-0.25, -0.2) is 13.6 Å². The number of halogens is 1. The Kier molecular flexibility index (Phi) is 4.17. The van der Waals surface area contributed by atoms with Crippen molar-refractivity contribution in [1.29, 1.82) is 0 Å². The van der Waals surface area contributed by atoms with Crippen LogP contribution in [-0.2, 0) is 15.8 Å².